The van der Waals surface area contributed by atoms with E-state index in [0.29, 0.717) is 0 Å². The van der Waals surface area contributed by atoms with Crippen molar-refractivity contribution in [2.24, 2.45) is 0 Å². The van der Waals surface area contributed by atoms with Crippen LogP contribution in [-0.4, -0.2) is 30.3 Å². The van der Waals surface area contributed by atoms with Gasteiger partial charge < -0.3 is 14.8 Å². The smallest absolute Gasteiger partial charge is 0.408 e. The van der Waals surface area contributed by atoms with E-state index in [2.05, 4.69) is 12.2 Å². The monoisotopic (exact) mass is 525 g/mol. The van der Waals surface area contributed by atoms with Crippen LogP contribution in [0, 0.1) is 11.6 Å². The standard InChI is InChI=1S/C30H49F2NO4/c1-5-6-7-8-9-10-11-12-13-14-15-16-17-18-19-36-28(34)27(33-29(35)37-30(2,3)4)22-24-20-25(31)23-26(32)21-24/h20-21,23,27H,5-19,22H2,1-4H3,(H,33,35)/t27-/m0/s1. The van der Waals surface area contributed by atoms with Crippen molar-refractivity contribution in [3.05, 3.63) is 35.4 Å². The average Bonchev–Trinajstić information content (AvgIpc) is 2.79. The van der Waals surface area contributed by atoms with Gasteiger partial charge >= 0.3 is 12.1 Å². The Bertz CT molecular complexity index is 759. The molecule has 1 amide bonds. The van der Waals surface area contributed by atoms with Gasteiger partial charge in [-0.3, -0.25) is 0 Å². The molecule has 1 aromatic carbocycles. The van der Waals surface area contributed by atoms with Crippen molar-refractivity contribution in [3.63, 3.8) is 0 Å². The number of alkyl carbamates (subject to hydrolysis) is 1. The van der Waals surface area contributed by atoms with Crippen molar-refractivity contribution >= 4 is 12.1 Å². The average molecular weight is 526 g/mol. The fraction of sp³-hybridized carbons (Fsp3) is 0.733. The molecule has 0 aliphatic rings. The van der Waals surface area contributed by atoms with Crippen molar-refractivity contribution in [2.75, 3.05) is 6.61 Å². The van der Waals surface area contributed by atoms with Crippen LogP contribution in [0.4, 0.5) is 13.6 Å². The molecular weight excluding hydrogens is 476 g/mol. The molecule has 0 heterocycles. The molecule has 1 N–H and O–H groups in total. The maximum Gasteiger partial charge on any atom is 0.408 e. The topological polar surface area (TPSA) is 64.6 Å². The van der Waals surface area contributed by atoms with Crippen LogP contribution >= 0.6 is 0 Å². The summed E-state index contributed by atoms with van der Waals surface area (Å²) in [5, 5.41) is 2.48. The van der Waals surface area contributed by atoms with E-state index in [9.17, 15) is 18.4 Å². The second kappa shape index (κ2) is 19.0. The Balaban J connectivity index is 2.30. The molecule has 7 heteroatoms. The van der Waals surface area contributed by atoms with Crippen LogP contribution in [0.15, 0.2) is 18.2 Å². The van der Waals surface area contributed by atoms with E-state index in [0.717, 1.165) is 37.5 Å². The molecule has 0 radical (unpaired) electrons. The van der Waals surface area contributed by atoms with Crippen molar-refractivity contribution < 1.29 is 27.8 Å². The van der Waals surface area contributed by atoms with E-state index in [1.165, 1.54) is 70.6 Å². The van der Waals surface area contributed by atoms with Crippen LogP contribution in [0.3, 0.4) is 0 Å². The molecule has 0 saturated heterocycles. The summed E-state index contributed by atoms with van der Waals surface area (Å²) in [4.78, 5) is 24.9. The Hall–Kier alpha value is -2.18. The molecule has 0 aliphatic carbocycles. The van der Waals surface area contributed by atoms with Crippen LogP contribution in [0.1, 0.15) is 123 Å². The lowest BCUT2D eigenvalue weighted by Crippen LogP contribution is -2.45. The van der Waals surface area contributed by atoms with Crippen molar-refractivity contribution in [3.8, 4) is 0 Å². The zero-order valence-electron chi connectivity index (χ0n) is 23.5. The fourth-order valence-corrected chi connectivity index (χ4v) is 4.18. The van der Waals surface area contributed by atoms with E-state index >= 15 is 0 Å². The summed E-state index contributed by atoms with van der Waals surface area (Å²) >= 11 is 0. The third-order valence-corrected chi connectivity index (χ3v) is 6.08. The Kier molecular flexibility index (Phi) is 16.8. The first-order chi connectivity index (χ1) is 17.6. The largest absolute Gasteiger partial charge is 0.464 e. The summed E-state index contributed by atoms with van der Waals surface area (Å²) in [5.41, 5.74) is -0.510. The Labute approximate surface area is 223 Å². The van der Waals surface area contributed by atoms with E-state index in [1.54, 1.807) is 20.8 Å². The highest BCUT2D eigenvalue weighted by Gasteiger charge is 2.26. The van der Waals surface area contributed by atoms with Crippen LogP contribution in [-0.2, 0) is 20.7 Å². The van der Waals surface area contributed by atoms with E-state index in [4.69, 9.17) is 9.47 Å². The number of halogens is 2. The first-order valence-electron chi connectivity index (χ1n) is 14.2. The summed E-state index contributed by atoms with van der Waals surface area (Å²) < 4.78 is 37.8. The maximum absolute atomic E-state index is 13.6. The van der Waals surface area contributed by atoms with Crippen LogP contribution < -0.4 is 5.32 Å². The second-order valence-electron chi connectivity index (χ2n) is 10.9. The van der Waals surface area contributed by atoms with Gasteiger partial charge in [-0.05, 0) is 44.9 Å². The Morgan fingerprint density at radius 1 is 0.784 bits per heavy atom. The minimum absolute atomic E-state index is 0.106. The summed E-state index contributed by atoms with van der Waals surface area (Å²) in [5.74, 6) is -2.14. The molecule has 37 heavy (non-hydrogen) atoms. The lowest BCUT2D eigenvalue weighted by Gasteiger charge is -2.23. The minimum Gasteiger partial charge on any atom is -0.464 e. The van der Waals surface area contributed by atoms with Gasteiger partial charge in [0.25, 0.3) is 0 Å². The molecule has 212 valence electrons. The molecule has 0 spiro atoms. The van der Waals surface area contributed by atoms with Crippen LogP contribution in [0.2, 0.25) is 0 Å². The van der Waals surface area contributed by atoms with Gasteiger partial charge in [0, 0.05) is 12.5 Å². The SMILES string of the molecule is CCCCCCCCCCCCCCCCOC(=O)[C@H](Cc1cc(F)cc(F)c1)NC(=O)OC(C)(C)C. The zero-order chi connectivity index (χ0) is 27.5. The Morgan fingerprint density at radius 3 is 1.70 bits per heavy atom. The zero-order valence-corrected chi connectivity index (χ0v) is 23.5. The van der Waals surface area contributed by atoms with Crippen molar-refractivity contribution in [2.45, 2.75) is 136 Å². The first-order valence-corrected chi connectivity index (χ1v) is 14.2. The predicted molar refractivity (Wildman–Crippen MR) is 144 cm³/mol. The Morgan fingerprint density at radius 2 is 1.24 bits per heavy atom. The number of nitrogens with one attached hydrogen (secondary N) is 1. The van der Waals surface area contributed by atoms with Crippen molar-refractivity contribution in [1.29, 1.82) is 0 Å². The number of hydrogen-bond acceptors (Lipinski definition) is 4. The number of unbranched alkanes of at least 4 members (excludes halogenated alkanes) is 13. The normalized spacial score (nSPS) is 12.3. The number of esters is 1. The molecule has 5 nitrogen and oxygen atoms in total. The number of rotatable bonds is 19. The van der Waals surface area contributed by atoms with Gasteiger partial charge in [0.05, 0.1) is 6.61 Å². The van der Waals surface area contributed by atoms with Crippen LogP contribution in [0.5, 0.6) is 0 Å². The lowest BCUT2D eigenvalue weighted by atomic mass is 10.0. The van der Waals surface area contributed by atoms with Gasteiger partial charge in [-0.15, -0.1) is 0 Å². The molecule has 0 aliphatic heterocycles. The number of hydrogen-bond donors (Lipinski definition) is 1. The molecule has 0 bridgehead atoms. The summed E-state index contributed by atoms with van der Waals surface area (Å²) in [6.07, 6.45) is 16.4. The van der Waals surface area contributed by atoms with E-state index < -0.39 is 35.3 Å². The quantitative estimate of drug-likeness (QED) is 0.145. The van der Waals surface area contributed by atoms with Crippen molar-refractivity contribution in [1.82, 2.24) is 5.32 Å². The van der Waals surface area contributed by atoms with Gasteiger partial charge in [-0.25, -0.2) is 18.4 Å². The van der Waals surface area contributed by atoms with Gasteiger partial charge in [0.2, 0.25) is 0 Å². The highest BCUT2D eigenvalue weighted by atomic mass is 19.1. The maximum atomic E-state index is 13.6. The van der Waals surface area contributed by atoms with E-state index in [-0.39, 0.29) is 18.6 Å². The number of ether oxygens (including phenoxy) is 2. The molecule has 1 rings (SSSR count). The van der Waals surface area contributed by atoms with Gasteiger partial charge in [-0.2, -0.15) is 0 Å². The molecule has 0 fully saturated rings. The molecule has 0 saturated carbocycles. The number of amides is 1. The third kappa shape index (κ3) is 17.8. The third-order valence-electron chi connectivity index (χ3n) is 6.08. The van der Waals surface area contributed by atoms with Crippen LogP contribution in [0.25, 0.3) is 0 Å². The molecule has 0 unspecified atom stereocenters. The van der Waals surface area contributed by atoms with Gasteiger partial charge in [0.15, 0.2) is 0 Å². The summed E-state index contributed by atoms with van der Waals surface area (Å²) in [7, 11) is 0. The highest BCUT2D eigenvalue weighted by Crippen LogP contribution is 2.15. The summed E-state index contributed by atoms with van der Waals surface area (Å²) in [6, 6.07) is 1.91. The minimum atomic E-state index is -1.11. The highest BCUT2D eigenvalue weighted by molar-refractivity contribution is 5.81. The second-order valence-corrected chi connectivity index (χ2v) is 10.9. The molecule has 1 atom stereocenters. The van der Waals surface area contributed by atoms with E-state index in [1.807, 2.05) is 0 Å². The molecule has 0 aromatic heterocycles. The van der Waals surface area contributed by atoms with Gasteiger partial charge in [-0.1, -0.05) is 90.4 Å². The molecule has 1 aromatic rings. The summed E-state index contributed by atoms with van der Waals surface area (Å²) in [6.45, 7) is 7.60. The predicted octanol–water partition coefficient (Wildman–Crippen LogP) is 8.43. The number of carbonyl (C=O) groups excluding carboxylic acids is 2. The molecular formula is C30H49F2NO4. The van der Waals surface area contributed by atoms with Gasteiger partial charge in [0.1, 0.15) is 23.3 Å². The lowest BCUT2D eigenvalue weighted by molar-refractivity contribution is -0.146. The number of carbonyl (C=O) groups is 2. The first kappa shape index (κ1) is 32.8. The fourth-order valence-electron chi connectivity index (χ4n) is 4.18. The number of benzene rings is 1.